The van der Waals surface area contributed by atoms with E-state index < -0.39 is 0 Å². The zero-order valence-corrected chi connectivity index (χ0v) is 15.0. The first kappa shape index (κ1) is 17.5. The molecule has 0 bridgehead atoms. The molecule has 0 aliphatic rings. The van der Waals surface area contributed by atoms with Crippen LogP contribution in [0, 0.1) is 0 Å². The number of hydrogen-bond acceptors (Lipinski definition) is 1. The van der Waals surface area contributed by atoms with Crippen LogP contribution in [0.15, 0.2) is 78.9 Å². The van der Waals surface area contributed by atoms with Gasteiger partial charge in [0.05, 0.1) is 5.92 Å². The first-order valence-electron chi connectivity index (χ1n) is 7.96. The highest BCUT2D eigenvalue weighted by atomic mass is 35.5. The molecule has 1 amide bonds. The lowest BCUT2D eigenvalue weighted by molar-refractivity contribution is -0.121. The van der Waals surface area contributed by atoms with Gasteiger partial charge in [-0.1, -0.05) is 89.9 Å². The zero-order valence-electron chi connectivity index (χ0n) is 13.5. The normalized spacial score (nSPS) is 10.7. The fraction of sp³-hybridized carbons (Fsp3) is 0.0952. The fourth-order valence-electron chi connectivity index (χ4n) is 2.74. The molecule has 3 aromatic carbocycles. The molecule has 0 radical (unpaired) electrons. The number of halogens is 2. The Bertz CT molecular complexity index is 811. The standard InChI is InChI=1S/C21H17Cl2NO/c22-18-12-11-17(19(23)13-18)14-24-21(25)20(15-7-3-1-4-8-15)16-9-5-2-6-10-16/h1-13,20H,14H2,(H,24,25). The summed E-state index contributed by atoms with van der Waals surface area (Å²) in [5.41, 5.74) is 2.74. The van der Waals surface area contributed by atoms with E-state index in [9.17, 15) is 4.79 Å². The van der Waals surface area contributed by atoms with E-state index in [4.69, 9.17) is 23.2 Å². The van der Waals surface area contributed by atoms with Gasteiger partial charge >= 0.3 is 0 Å². The van der Waals surface area contributed by atoms with Crippen molar-refractivity contribution in [2.45, 2.75) is 12.5 Å². The Labute approximate surface area is 157 Å². The van der Waals surface area contributed by atoms with Gasteiger partial charge in [-0.15, -0.1) is 0 Å². The Morgan fingerprint density at radius 1 is 0.840 bits per heavy atom. The molecule has 0 aliphatic carbocycles. The van der Waals surface area contributed by atoms with Crippen LogP contribution in [0.1, 0.15) is 22.6 Å². The van der Waals surface area contributed by atoms with Gasteiger partial charge in [-0.3, -0.25) is 4.79 Å². The van der Waals surface area contributed by atoms with Gasteiger partial charge in [0.15, 0.2) is 0 Å². The summed E-state index contributed by atoms with van der Waals surface area (Å²) in [5, 5.41) is 4.11. The highest BCUT2D eigenvalue weighted by Crippen LogP contribution is 2.25. The van der Waals surface area contributed by atoms with E-state index in [0.29, 0.717) is 16.6 Å². The van der Waals surface area contributed by atoms with Gasteiger partial charge in [-0.25, -0.2) is 0 Å². The van der Waals surface area contributed by atoms with Gasteiger partial charge in [0, 0.05) is 16.6 Å². The molecular weight excluding hydrogens is 353 g/mol. The van der Waals surface area contributed by atoms with E-state index in [-0.39, 0.29) is 11.8 Å². The monoisotopic (exact) mass is 369 g/mol. The second-order valence-electron chi connectivity index (χ2n) is 5.71. The summed E-state index contributed by atoms with van der Waals surface area (Å²) < 4.78 is 0. The average Bonchev–Trinajstić information content (AvgIpc) is 2.63. The maximum Gasteiger partial charge on any atom is 0.232 e. The first-order valence-corrected chi connectivity index (χ1v) is 8.72. The third-order valence-corrected chi connectivity index (χ3v) is 4.58. The van der Waals surface area contributed by atoms with Crippen molar-refractivity contribution in [2.24, 2.45) is 0 Å². The summed E-state index contributed by atoms with van der Waals surface area (Å²) in [6, 6.07) is 24.8. The van der Waals surface area contributed by atoms with E-state index in [1.54, 1.807) is 12.1 Å². The quantitative estimate of drug-likeness (QED) is 0.637. The molecule has 0 fully saturated rings. The Morgan fingerprint density at radius 2 is 1.40 bits per heavy atom. The predicted octanol–water partition coefficient (Wildman–Crippen LogP) is 5.44. The molecule has 2 nitrogen and oxygen atoms in total. The van der Waals surface area contributed by atoms with Crippen molar-refractivity contribution in [2.75, 3.05) is 0 Å². The van der Waals surface area contributed by atoms with Crippen LogP contribution < -0.4 is 5.32 Å². The average molecular weight is 370 g/mol. The number of benzene rings is 3. The van der Waals surface area contributed by atoms with Gasteiger partial charge in [0.1, 0.15) is 0 Å². The highest BCUT2D eigenvalue weighted by Gasteiger charge is 2.22. The second-order valence-corrected chi connectivity index (χ2v) is 6.55. The lowest BCUT2D eigenvalue weighted by atomic mass is 9.90. The predicted molar refractivity (Wildman–Crippen MR) is 103 cm³/mol. The van der Waals surface area contributed by atoms with Crippen LogP contribution in [0.2, 0.25) is 10.0 Å². The first-order chi connectivity index (χ1) is 12.1. The smallest absolute Gasteiger partial charge is 0.232 e. The Balaban J connectivity index is 1.82. The topological polar surface area (TPSA) is 29.1 Å². The molecule has 126 valence electrons. The summed E-state index contributed by atoms with van der Waals surface area (Å²) in [5.74, 6) is -0.433. The zero-order chi connectivity index (χ0) is 17.6. The third kappa shape index (κ3) is 4.41. The van der Waals surface area contributed by atoms with Gasteiger partial charge < -0.3 is 5.32 Å². The van der Waals surface area contributed by atoms with E-state index in [1.165, 1.54) is 0 Å². The summed E-state index contributed by atoms with van der Waals surface area (Å²) in [7, 11) is 0. The van der Waals surface area contributed by atoms with Crippen molar-refractivity contribution in [3.8, 4) is 0 Å². The summed E-state index contributed by atoms with van der Waals surface area (Å²) >= 11 is 12.1. The summed E-state index contributed by atoms with van der Waals surface area (Å²) in [4.78, 5) is 12.9. The van der Waals surface area contributed by atoms with Crippen LogP contribution in [0.4, 0.5) is 0 Å². The Kier molecular flexibility index (Phi) is 5.75. The molecule has 0 spiro atoms. The van der Waals surface area contributed by atoms with Crippen molar-refractivity contribution >= 4 is 29.1 Å². The number of amides is 1. The molecule has 4 heteroatoms. The molecule has 25 heavy (non-hydrogen) atoms. The van der Waals surface area contributed by atoms with E-state index in [0.717, 1.165) is 16.7 Å². The maximum atomic E-state index is 12.9. The maximum absolute atomic E-state index is 12.9. The van der Waals surface area contributed by atoms with Gasteiger partial charge in [0.25, 0.3) is 0 Å². The van der Waals surface area contributed by atoms with Crippen LogP contribution in [-0.4, -0.2) is 5.91 Å². The van der Waals surface area contributed by atoms with Gasteiger partial charge in [-0.2, -0.15) is 0 Å². The van der Waals surface area contributed by atoms with Gasteiger partial charge in [-0.05, 0) is 28.8 Å². The van der Waals surface area contributed by atoms with Crippen molar-refractivity contribution in [1.29, 1.82) is 0 Å². The third-order valence-electron chi connectivity index (χ3n) is 4.00. The minimum atomic E-state index is -0.367. The van der Waals surface area contributed by atoms with Gasteiger partial charge in [0.2, 0.25) is 5.91 Å². The van der Waals surface area contributed by atoms with Crippen LogP contribution in [0.25, 0.3) is 0 Å². The number of nitrogens with one attached hydrogen (secondary N) is 1. The van der Waals surface area contributed by atoms with E-state index >= 15 is 0 Å². The molecule has 0 aromatic heterocycles. The lowest BCUT2D eigenvalue weighted by Crippen LogP contribution is -2.29. The molecule has 0 atom stereocenters. The van der Waals surface area contributed by atoms with Crippen LogP contribution in [-0.2, 0) is 11.3 Å². The van der Waals surface area contributed by atoms with Crippen molar-refractivity contribution in [3.05, 3.63) is 106 Å². The second kappa shape index (κ2) is 8.19. The highest BCUT2D eigenvalue weighted by molar-refractivity contribution is 6.35. The fourth-order valence-corrected chi connectivity index (χ4v) is 3.21. The van der Waals surface area contributed by atoms with E-state index in [2.05, 4.69) is 5.32 Å². The SMILES string of the molecule is O=C(NCc1ccc(Cl)cc1Cl)C(c1ccccc1)c1ccccc1. The summed E-state index contributed by atoms with van der Waals surface area (Å²) in [6.45, 7) is 0.352. The number of hydrogen-bond donors (Lipinski definition) is 1. The molecule has 3 aromatic rings. The molecule has 0 aliphatic heterocycles. The van der Waals surface area contributed by atoms with Crippen molar-refractivity contribution in [3.63, 3.8) is 0 Å². The molecule has 0 heterocycles. The minimum absolute atomic E-state index is 0.0663. The van der Waals surface area contributed by atoms with Crippen molar-refractivity contribution in [1.82, 2.24) is 5.32 Å². The molecule has 1 N–H and O–H groups in total. The number of carbonyl (C=O) groups is 1. The molecule has 3 rings (SSSR count). The minimum Gasteiger partial charge on any atom is -0.351 e. The Morgan fingerprint density at radius 3 is 1.92 bits per heavy atom. The molecule has 0 saturated carbocycles. The van der Waals surface area contributed by atoms with Crippen LogP contribution in [0.3, 0.4) is 0 Å². The van der Waals surface area contributed by atoms with E-state index in [1.807, 2.05) is 66.7 Å². The lowest BCUT2D eigenvalue weighted by Gasteiger charge is -2.18. The number of rotatable bonds is 5. The number of carbonyl (C=O) groups excluding carboxylic acids is 1. The van der Waals surface area contributed by atoms with Crippen molar-refractivity contribution < 1.29 is 4.79 Å². The largest absolute Gasteiger partial charge is 0.351 e. The molecule has 0 unspecified atom stereocenters. The molecular formula is C21H17Cl2NO. The molecule has 0 saturated heterocycles. The Hall–Kier alpha value is -2.29. The summed E-state index contributed by atoms with van der Waals surface area (Å²) in [6.07, 6.45) is 0. The van der Waals surface area contributed by atoms with Crippen LogP contribution >= 0.6 is 23.2 Å². The van der Waals surface area contributed by atoms with Crippen LogP contribution in [0.5, 0.6) is 0 Å².